The first kappa shape index (κ1) is 18.6. The van der Waals surface area contributed by atoms with Crippen molar-refractivity contribution in [1.82, 2.24) is 14.9 Å². The van der Waals surface area contributed by atoms with Gasteiger partial charge in [-0.2, -0.15) is 0 Å². The van der Waals surface area contributed by atoms with E-state index >= 15 is 0 Å². The van der Waals surface area contributed by atoms with Crippen LogP contribution in [0.4, 0.5) is 0 Å². The number of aromatic nitrogens is 2. The smallest absolute Gasteiger partial charge is 0.337 e. The lowest BCUT2D eigenvalue weighted by Crippen LogP contribution is -2.31. The van der Waals surface area contributed by atoms with Gasteiger partial charge in [-0.3, -0.25) is 4.90 Å². The van der Waals surface area contributed by atoms with Crippen molar-refractivity contribution in [3.8, 4) is 11.4 Å². The molecule has 0 radical (unpaired) electrons. The third-order valence-electron chi connectivity index (χ3n) is 4.88. The number of esters is 1. The predicted octanol–water partition coefficient (Wildman–Crippen LogP) is 4.14. The van der Waals surface area contributed by atoms with Gasteiger partial charge in [0.1, 0.15) is 0 Å². The van der Waals surface area contributed by atoms with Crippen molar-refractivity contribution in [1.29, 1.82) is 0 Å². The minimum atomic E-state index is -0.314. The largest absolute Gasteiger partial charge is 0.465 e. The molecule has 1 aliphatic rings. The van der Waals surface area contributed by atoms with Crippen LogP contribution in [0, 0.1) is 0 Å². The molecule has 28 heavy (non-hydrogen) atoms. The van der Waals surface area contributed by atoms with Gasteiger partial charge in [-0.05, 0) is 53.9 Å². The predicted molar refractivity (Wildman–Crippen MR) is 108 cm³/mol. The second-order valence-electron chi connectivity index (χ2n) is 6.83. The lowest BCUT2D eigenvalue weighted by atomic mass is 10.0. The van der Waals surface area contributed by atoms with Crippen molar-refractivity contribution >= 4 is 17.6 Å². The Balaban J connectivity index is 1.52. The Bertz CT molecular complexity index is 1000. The number of carbonyl (C=O) groups is 1. The summed E-state index contributed by atoms with van der Waals surface area (Å²) in [6.45, 7) is 2.44. The van der Waals surface area contributed by atoms with Gasteiger partial charge in [-0.25, -0.2) is 14.8 Å². The molecule has 0 spiro atoms. The number of fused-ring (bicyclic) bond motifs is 1. The van der Waals surface area contributed by atoms with Crippen LogP contribution in [0.3, 0.4) is 0 Å². The summed E-state index contributed by atoms with van der Waals surface area (Å²) in [6, 6.07) is 15.1. The van der Waals surface area contributed by atoms with E-state index in [2.05, 4.69) is 9.88 Å². The highest BCUT2D eigenvalue weighted by Crippen LogP contribution is 2.23. The van der Waals surface area contributed by atoms with Gasteiger partial charge in [-0.15, -0.1) is 0 Å². The zero-order valence-electron chi connectivity index (χ0n) is 15.6. The fraction of sp³-hybridized carbons (Fsp3) is 0.227. The molecule has 2 heterocycles. The normalized spacial score (nSPS) is 13.8. The van der Waals surface area contributed by atoms with Crippen molar-refractivity contribution in [2.24, 2.45) is 0 Å². The number of hydrogen-bond donors (Lipinski definition) is 0. The molecule has 0 amide bonds. The Morgan fingerprint density at radius 2 is 2.04 bits per heavy atom. The molecule has 0 aliphatic carbocycles. The van der Waals surface area contributed by atoms with Gasteiger partial charge in [0.25, 0.3) is 0 Å². The van der Waals surface area contributed by atoms with E-state index in [1.165, 1.54) is 12.7 Å². The Kier molecular flexibility index (Phi) is 5.37. The van der Waals surface area contributed by atoms with E-state index < -0.39 is 0 Å². The molecule has 6 heteroatoms. The molecule has 0 saturated heterocycles. The van der Waals surface area contributed by atoms with Crippen LogP contribution in [0.15, 0.2) is 54.7 Å². The van der Waals surface area contributed by atoms with Crippen molar-refractivity contribution in [3.05, 3.63) is 82.1 Å². The summed E-state index contributed by atoms with van der Waals surface area (Å²) in [4.78, 5) is 23.4. The number of methoxy groups -OCH3 is 1. The first-order valence-electron chi connectivity index (χ1n) is 9.13. The van der Waals surface area contributed by atoms with E-state index in [9.17, 15) is 4.79 Å². The van der Waals surface area contributed by atoms with Gasteiger partial charge in [0, 0.05) is 36.4 Å². The van der Waals surface area contributed by atoms with Crippen LogP contribution in [-0.2, 0) is 24.2 Å². The van der Waals surface area contributed by atoms with Crippen LogP contribution in [0.5, 0.6) is 0 Å². The number of ether oxygens (including phenoxy) is 1. The summed E-state index contributed by atoms with van der Waals surface area (Å²) >= 11 is 5.97. The zero-order chi connectivity index (χ0) is 19.5. The minimum absolute atomic E-state index is 0.314. The van der Waals surface area contributed by atoms with Gasteiger partial charge in [0.15, 0.2) is 5.82 Å². The average Bonchev–Trinajstić information content (AvgIpc) is 2.73. The molecule has 2 aromatic carbocycles. The van der Waals surface area contributed by atoms with E-state index in [0.717, 1.165) is 42.9 Å². The molecule has 0 unspecified atom stereocenters. The number of halogens is 1. The molecule has 1 aromatic heterocycles. The van der Waals surface area contributed by atoms with Gasteiger partial charge in [-0.1, -0.05) is 23.7 Å². The van der Waals surface area contributed by atoms with Gasteiger partial charge < -0.3 is 4.74 Å². The summed E-state index contributed by atoms with van der Waals surface area (Å²) in [6.07, 6.45) is 2.84. The minimum Gasteiger partial charge on any atom is -0.465 e. The summed E-state index contributed by atoms with van der Waals surface area (Å²) in [7, 11) is 1.40. The molecule has 5 nitrogen and oxygen atoms in total. The second-order valence-corrected chi connectivity index (χ2v) is 7.26. The van der Waals surface area contributed by atoms with Crippen molar-refractivity contribution in [2.75, 3.05) is 13.7 Å². The first-order valence-corrected chi connectivity index (χ1v) is 9.50. The van der Waals surface area contributed by atoms with Gasteiger partial charge >= 0.3 is 5.97 Å². The quantitative estimate of drug-likeness (QED) is 0.623. The van der Waals surface area contributed by atoms with Crippen molar-refractivity contribution < 1.29 is 9.53 Å². The second kappa shape index (κ2) is 8.09. The van der Waals surface area contributed by atoms with Crippen LogP contribution in [0.2, 0.25) is 5.02 Å². The Morgan fingerprint density at radius 1 is 1.21 bits per heavy atom. The summed E-state index contributed by atoms with van der Waals surface area (Å²) < 4.78 is 4.81. The zero-order valence-corrected chi connectivity index (χ0v) is 16.3. The molecule has 0 bridgehead atoms. The summed E-state index contributed by atoms with van der Waals surface area (Å²) in [5, 5.41) is 0.696. The van der Waals surface area contributed by atoms with Crippen LogP contribution >= 0.6 is 11.6 Å². The highest BCUT2D eigenvalue weighted by molar-refractivity contribution is 6.30. The highest BCUT2D eigenvalue weighted by Gasteiger charge is 2.19. The summed E-state index contributed by atoms with van der Waals surface area (Å²) in [5.74, 6) is 0.399. The molecule has 0 saturated carbocycles. The Labute approximate surface area is 169 Å². The van der Waals surface area contributed by atoms with Crippen LogP contribution in [0.1, 0.15) is 27.2 Å². The van der Waals surface area contributed by atoms with Crippen LogP contribution in [0.25, 0.3) is 11.4 Å². The van der Waals surface area contributed by atoms with E-state index in [1.54, 1.807) is 6.07 Å². The first-order chi connectivity index (χ1) is 13.6. The standard InChI is InChI=1S/C22H20ClN3O2/c1-28-22(27)17-4-2-3-15(11-17)13-26-10-9-18-12-24-21(25-20(18)14-26)16-5-7-19(23)8-6-16/h2-8,11-12H,9-10,13-14H2,1H3. The lowest BCUT2D eigenvalue weighted by molar-refractivity contribution is 0.0600. The lowest BCUT2D eigenvalue weighted by Gasteiger charge is -2.28. The highest BCUT2D eigenvalue weighted by atomic mass is 35.5. The van der Waals surface area contributed by atoms with Crippen LogP contribution < -0.4 is 0 Å². The van der Waals surface area contributed by atoms with Gasteiger partial charge in [0.05, 0.1) is 18.4 Å². The third kappa shape index (κ3) is 4.06. The van der Waals surface area contributed by atoms with E-state index in [-0.39, 0.29) is 5.97 Å². The van der Waals surface area contributed by atoms with E-state index in [4.69, 9.17) is 21.3 Å². The SMILES string of the molecule is COC(=O)c1cccc(CN2CCc3cnc(-c4ccc(Cl)cc4)nc3C2)c1. The number of nitrogens with zero attached hydrogens (tertiary/aromatic N) is 3. The molecule has 142 valence electrons. The summed E-state index contributed by atoms with van der Waals surface area (Å²) in [5.41, 5.74) is 4.85. The van der Waals surface area contributed by atoms with Gasteiger partial charge in [0.2, 0.25) is 0 Å². The fourth-order valence-electron chi connectivity index (χ4n) is 3.40. The number of carbonyl (C=O) groups excluding carboxylic acids is 1. The molecule has 1 aliphatic heterocycles. The molecule has 0 atom stereocenters. The third-order valence-corrected chi connectivity index (χ3v) is 5.13. The van der Waals surface area contributed by atoms with Crippen molar-refractivity contribution in [3.63, 3.8) is 0 Å². The Hall–Kier alpha value is -2.76. The molecule has 0 N–H and O–H groups in total. The topological polar surface area (TPSA) is 55.3 Å². The molecule has 3 aromatic rings. The Morgan fingerprint density at radius 3 is 2.82 bits per heavy atom. The number of rotatable bonds is 4. The number of hydrogen-bond acceptors (Lipinski definition) is 5. The number of benzene rings is 2. The average molecular weight is 394 g/mol. The molecule has 0 fully saturated rings. The monoisotopic (exact) mass is 393 g/mol. The molecular formula is C22H20ClN3O2. The van der Waals surface area contributed by atoms with Crippen LogP contribution in [-0.4, -0.2) is 34.5 Å². The fourth-order valence-corrected chi connectivity index (χ4v) is 3.53. The molecular weight excluding hydrogens is 374 g/mol. The van der Waals surface area contributed by atoms with E-state index in [1.807, 2.05) is 48.7 Å². The molecule has 4 rings (SSSR count). The van der Waals surface area contributed by atoms with E-state index in [0.29, 0.717) is 16.4 Å². The maximum atomic E-state index is 11.8. The maximum Gasteiger partial charge on any atom is 0.337 e. The van der Waals surface area contributed by atoms with Crippen molar-refractivity contribution in [2.45, 2.75) is 19.5 Å². The maximum absolute atomic E-state index is 11.8.